The zero-order valence-electron chi connectivity index (χ0n) is 18.1. The summed E-state index contributed by atoms with van der Waals surface area (Å²) in [6.07, 6.45) is -2.75. The number of nitrogens with zero attached hydrogens (tertiary/aromatic N) is 2. The van der Waals surface area contributed by atoms with E-state index in [0.29, 0.717) is 19.5 Å². The van der Waals surface area contributed by atoms with Crippen molar-refractivity contribution in [1.29, 1.82) is 0 Å². The van der Waals surface area contributed by atoms with Crippen LogP contribution in [0.15, 0.2) is 53.1 Å². The van der Waals surface area contributed by atoms with E-state index >= 15 is 0 Å². The summed E-state index contributed by atoms with van der Waals surface area (Å²) >= 11 is 3.40. The second-order valence-electron chi connectivity index (χ2n) is 7.77. The normalized spacial score (nSPS) is 16.4. The molecule has 0 aliphatic carbocycles. The van der Waals surface area contributed by atoms with Crippen LogP contribution in [0.1, 0.15) is 18.0 Å². The van der Waals surface area contributed by atoms with Crippen molar-refractivity contribution in [3.05, 3.63) is 58.7 Å². The van der Waals surface area contributed by atoms with Gasteiger partial charge in [-0.15, -0.1) is 0 Å². The lowest BCUT2D eigenvalue weighted by atomic mass is 10.1. The number of nitrogens with two attached hydrogens (primary N) is 1. The van der Waals surface area contributed by atoms with Crippen LogP contribution < -0.4 is 11.1 Å². The quantitative estimate of drug-likeness (QED) is 0.388. The maximum Gasteiger partial charge on any atom is 0.490 e. The molecule has 1 aliphatic rings. The molecule has 186 valence electrons. The number of hydrogen-bond donors (Lipinski definition) is 4. The Labute approximate surface area is 205 Å². The van der Waals surface area contributed by atoms with Crippen molar-refractivity contribution in [1.82, 2.24) is 15.1 Å². The second-order valence-corrected chi connectivity index (χ2v) is 8.68. The fraction of sp³-hybridized carbons (Fsp3) is 0.273. The number of benzene rings is 2. The fourth-order valence-corrected chi connectivity index (χ4v) is 3.90. The van der Waals surface area contributed by atoms with Gasteiger partial charge >= 0.3 is 12.1 Å². The Kier molecular flexibility index (Phi) is 8.12. The van der Waals surface area contributed by atoms with Crippen LogP contribution in [0.4, 0.5) is 18.9 Å². The van der Waals surface area contributed by atoms with Gasteiger partial charge in [0.25, 0.3) is 0 Å². The van der Waals surface area contributed by atoms with E-state index in [1.165, 1.54) is 0 Å². The van der Waals surface area contributed by atoms with Gasteiger partial charge in [-0.25, -0.2) is 4.79 Å². The lowest BCUT2D eigenvalue weighted by Gasteiger charge is -2.21. The number of carboxylic acids is 1. The summed E-state index contributed by atoms with van der Waals surface area (Å²) in [5.74, 6) is -3.26. The first-order valence-corrected chi connectivity index (χ1v) is 11.1. The molecule has 2 atom stereocenters. The summed E-state index contributed by atoms with van der Waals surface area (Å²) in [5.41, 5.74) is 8.54. The van der Waals surface area contributed by atoms with Crippen LogP contribution in [0.25, 0.3) is 10.9 Å². The third-order valence-electron chi connectivity index (χ3n) is 5.29. The number of carboxylic acid groups (broad SMARTS) is 1. The lowest BCUT2D eigenvalue weighted by Crippen LogP contribution is -2.38. The van der Waals surface area contributed by atoms with Gasteiger partial charge in [-0.1, -0.05) is 28.1 Å². The average molecular weight is 556 g/mol. The summed E-state index contributed by atoms with van der Waals surface area (Å²) < 4.78 is 32.6. The second kappa shape index (κ2) is 10.9. The van der Waals surface area contributed by atoms with E-state index in [1.54, 1.807) is 11.1 Å². The molecule has 3 aromatic rings. The van der Waals surface area contributed by atoms with Gasteiger partial charge in [-0.3, -0.25) is 14.7 Å². The van der Waals surface area contributed by atoms with E-state index in [0.717, 1.165) is 26.6 Å². The number of hydrogen-bond acceptors (Lipinski definition) is 5. The number of carbonyl (C=O) groups is 3. The standard InChI is InChI=1S/C20H20BrN5O2.C2HF3O2/c21-15-3-1-2-12(8-15)18(22)20(28)26-7-6-13(11-26)19(27)24-16-4-5-17-14(9-16)10-23-25-17;3-2(4,5)1(6)7/h1-5,8-10,13,18H,6-7,11,22H2,(H,23,25)(H,24,27);(H,6,7)/t13-,18?;/m0./s1. The molecule has 9 nitrogen and oxygen atoms in total. The van der Waals surface area contributed by atoms with Crippen molar-refractivity contribution in [2.75, 3.05) is 18.4 Å². The van der Waals surface area contributed by atoms with Crippen LogP contribution in [0, 0.1) is 5.92 Å². The Morgan fingerprint density at radius 2 is 1.94 bits per heavy atom. The van der Waals surface area contributed by atoms with Gasteiger partial charge < -0.3 is 21.1 Å². The predicted molar refractivity (Wildman–Crippen MR) is 124 cm³/mol. The van der Waals surface area contributed by atoms with Crippen molar-refractivity contribution in [3.63, 3.8) is 0 Å². The molecule has 35 heavy (non-hydrogen) atoms. The van der Waals surface area contributed by atoms with Gasteiger partial charge in [-0.05, 0) is 42.3 Å². The van der Waals surface area contributed by atoms with E-state index in [2.05, 4.69) is 31.4 Å². The molecule has 0 radical (unpaired) electrons. The van der Waals surface area contributed by atoms with Gasteiger partial charge in [0, 0.05) is 28.6 Å². The van der Waals surface area contributed by atoms with Crippen LogP contribution in [0.5, 0.6) is 0 Å². The van der Waals surface area contributed by atoms with E-state index in [4.69, 9.17) is 15.6 Å². The largest absolute Gasteiger partial charge is 0.490 e. The van der Waals surface area contributed by atoms with Crippen LogP contribution in [-0.4, -0.2) is 57.3 Å². The number of nitrogens with one attached hydrogen (secondary N) is 2. The smallest absolute Gasteiger partial charge is 0.475 e. The molecule has 1 unspecified atom stereocenters. The number of carbonyl (C=O) groups excluding carboxylic acids is 2. The first-order valence-electron chi connectivity index (χ1n) is 10.3. The molecule has 5 N–H and O–H groups in total. The molecule has 13 heteroatoms. The van der Waals surface area contributed by atoms with Gasteiger partial charge in [0.1, 0.15) is 6.04 Å². The van der Waals surface area contributed by atoms with E-state index in [-0.39, 0.29) is 17.7 Å². The van der Waals surface area contributed by atoms with Gasteiger partial charge in [-0.2, -0.15) is 18.3 Å². The third kappa shape index (κ3) is 6.79. The zero-order valence-corrected chi connectivity index (χ0v) is 19.6. The molecule has 2 aromatic carbocycles. The highest BCUT2D eigenvalue weighted by Gasteiger charge is 2.38. The van der Waals surface area contributed by atoms with Gasteiger partial charge in [0.05, 0.1) is 17.6 Å². The third-order valence-corrected chi connectivity index (χ3v) is 5.79. The average Bonchev–Trinajstić information content (AvgIpc) is 3.47. The van der Waals surface area contributed by atoms with Crippen molar-refractivity contribution in [2.45, 2.75) is 18.6 Å². The molecular formula is C22H21BrF3N5O4. The van der Waals surface area contributed by atoms with Crippen molar-refractivity contribution < 1.29 is 32.7 Å². The monoisotopic (exact) mass is 555 g/mol. The Morgan fingerprint density at radius 3 is 2.60 bits per heavy atom. The predicted octanol–water partition coefficient (Wildman–Crippen LogP) is 3.45. The van der Waals surface area contributed by atoms with Gasteiger partial charge in [0.2, 0.25) is 11.8 Å². The van der Waals surface area contributed by atoms with Crippen LogP contribution >= 0.6 is 15.9 Å². The molecule has 1 aromatic heterocycles. The van der Waals surface area contributed by atoms with Gasteiger partial charge in [0.15, 0.2) is 0 Å². The zero-order chi connectivity index (χ0) is 25.8. The van der Waals surface area contributed by atoms with E-state index in [9.17, 15) is 22.8 Å². The maximum absolute atomic E-state index is 12.7. The summed E-state index contributed by atoms with van der Waals surface area (Å²) in [5, 5.41) is 17.9. The van der Waals surface area contributed by atoms with E-state index in [1.807, 2.05) is 42.5 Å². The number of aromatic nitrogens is 2. The fourth-order valence-electron chi connectivity index (χ4n) is 3.48. The molecule has 0 bridgehead atoms. The van der Waals surface area contributed by atoms with Crippen molar-refractivity contribution >= 4 is 50.3 Å². The molecular weight excluding hydrogens is 535 g/mol. The number of anilines is 1. The Balaban J connectivity index is 0.000000429. The number of amides is 2. The summed E-state index contributed by atoms with van der Waals surface area (Å²) in [4.78, 5) is 35.9. The molecule has 4 rings (SSSR count). The van der Waals surface area contributed by atoms with E-state index < -0.39 is 18.2 Å². The highest BCUT2D eigenvalue weighted by molar-refractivity contribution is 9.10. The molecule has 1 fully saturated rings. The number of H-pyrrole nitrogens is 1. The number of halogens is 4. The number of fused-ring (bicyclic) bond motifs is 1. The summed E-state index contributed by atoms with van der Waals surface area (Å²) in [6.45, 7) is 0.902. The first-order chi connectivity index (χ1) is 16.5. The SMILES string of the molecule is NC(C(=O)N1CC[C@H](C(=O)Nc2ccc3[nH]ncc3c2)C1)c1cccc(Br)c1.O=C(O)C(F)(F)F. The topological polar surface area (TPSA) is 141 Å². The molecule has 2 heterocycles. The summed E-state index contributed by atoms with van der Waals surface area (Å²) in [7, 11) is 0. The highest BCUT2D eigenvalue weighted by atomic mass is 79.9. The molecule has 0 spiro atoms. The molecule has 1 aliphatic heterocycles. The van der Waals surface area contributed by atoms with Crippen molar-refractivity contribution in [3.8, 4) is 0 Å². The molecule has 1 saturated heterocycles. The minimum atomic E-state index is -5.08. The number of likely N-dealkylation sites (tertiary alicyclic amines) is 1. The summed E-state index contributed by atoms with van der Waals surface area (Å²) in [6, 6.07) is 12.3. The molecule has 0 saturated carbocycles. The van der Waals surface area contributed by atoms with Crippen molar-refractivity contribution in [2.24, 2.45) is 11.7 Å². The number of aliphatic carboxylic acids is 1. The number of aromatic amines is 1. The lowest BCUT2D eigenvalue weighted by molar-refractivity contribution is -0.192. The maximum atomic E-state index is 12.7. The highest BCUT2D eigenvalue weighted by Crippen LogP contribution is 2.24. The van der Waals surface area contributed by atoms with Crippen LogP contribution in [0.2, 0.25) is 0 Å². The Morgan fingerprint density at radius 1 is 1.23 bits per heavy atom. The minimum Gasteiger partial charge on any atom is -0.475 e. The Bertz CT molecular complexity index is 1230. The van der Waals surface area contributed by atoms with Crippen LogP contribution in [-0.2, 0) is 14.4 Å². The number of alkyl halides is 3. The minimum absolute atomic E-state index is 0.0887. The Hall–Kier alpha value is -3.45. The molecule has 2 amide bonds. The first kappa shape index (κ1) is 26.2. The van der Waals surface area contributed by atoms with Crippen LogP contribution in [0.3, 0.4) is 0 Å². The number of rotatable bonds is 4.